The minimum Gasteiger partial charge on any atom is -0.478 e. The fraction of sp³-hybridized carbons (Fsp3) is 0.500. The molecule has 0 amide bonds. The summed E-state index contributed by atoms with van der Waals surface area (Å²) in [5.41, 5.74) is 0.383. The largest absolute Gasteiger partial charge is 0.478 e. The molecule has 5 heteroatoms. The van der Waals surface area contributed by atoms with Crippen molar-refractivity contribution < 1.29 is 19.0 Å². The summed E-state index contributed by atoms with van der Waals surface area (Å²) in [7, 11) is 0. The molecule has 0 atom stereocenters. The van der Waals surface area contributed by atoms with Crippen LogP contribution in [0.2, 0.25) is 0 Å². The number of ether oxygens (including phenoxy) is 3. The molecular formula is C12H17NO4. The number of esters is 1. The summed E-state index contributed by atoms with van der Waals surface area (Å²) in [5.74, 6) is 0.319. The minimum atomic E-state index is -0.406. The fourth-order valence-electron chi connectivity index (χ4n) is 1.26. The lowest BCUT2D eigenvalue weighted by Gasteiger charge is -2.08. The zero-order chi connectivity index (χ0) is 12.7. The van der Waals surface area contributed by atoms with E-state index >= 15 is 0 Å². The van der Waals surface area contributed by atoms with Gasteiger partial charge < -0.3 is 14.2 Å². The molecule has 0 aliphatic carbocycles. The highest BCUT2D eigenvalue weighted by molar-refractivity contribution is 5.90. The zero-order valence-electron chi connectivity index (χ0n) is 10.4. The summed E-state index contributed by atoms with van der Waals surface area (Å²) in [4.78, 5) is 15.7. The summed E-state index contributed by atoms with van der Waals surface area (Å²) in [6, 6.07) is 3.09. The first-order valence-corrected chi connectivity index (χ1v) is 5.66. The molecule has 0 saturated heterocycles. The first kappa shape index (κ1) is 13.3. The van der Waals surface area contributed by atoms with Crippen molar-refractivity contribution >= 4 is 5.97 Å². The lowest BCUT2D eigenvalue weighted by Crippen LogP contribution is -2.07. The first-order chi connectivity index (χ1) is 8.21. The van der Waals surface area contributed by atoms with Crippen LogP contribution < -0.4 is 9.47 Å². The van der Waals surface area contributed by atoms with Crippen molar-refractivity contribution in [2.24, 2.45) is 0 Å². The summed E-state index contributed by atoms with van der Waals surface area (Å²) in [5, 5.41) is 0. The number of aromatic nitrogens is 1. The van der Waals surface area contributed by atoms with E-state index in [9.17, 15) is 4.79 Å². The topological polar surface area (TPSA) is 57.7 Å². The molecule has 0 saturated carbocycles. The number of rotatable bonds is 6. The highest BCUT2D eigenvalue weighted by atomic mass is 16.5. The molecule has 0 radical (unpaired) electrons. The Morgan fingerprint density at radius 3 is 2.00 bits per heavy atom. The van der Waals surface area contributed by atoms with E-state index in [1.165, 1.54) is 0 Å². The molecule has 0 fully saturated rings. The molecule has 1 rings (SSSR count). The van der Waals surface area contributed by atoms with Crippen LogP contribution in [-0.2, 0) is 4.74 Å². The van der Waals surface area contributed by atoms with Crippen LogP contribution in [0, 0.1) is 0 Å². The van der Waals surface area contributed by atoms with Crippen LogP contribution in [0.5, 0.6) is 11.8 Å². The van der Waals surface area contributed by atoms with Crippen LogP contribution >= 0.6 is 0 Å². The molecule has 1 aromatic heterocycles. The number of pyridine rings is 1. The van der Waals surface area contributed by atoms with Crippen LogP contribution in [-0.4, -0.2) is 30.8 Å². The molecular weight excluding hydrogens is 222 g/mol. The van der Waals surface area contributed by atoms with Gasteiger partial charge in [-0.1, -0.05) is 0 Å². The Kier molecular flexibility index (Phi) is 5.26. The molecule has 17 heavy (non-hydrogen) atoms. The zero-order valence-corrected chi connectivity index (χ0v) is 10.4. The van der Waals surface area contributed by atoms with Gasteiger partial charge in [0.2, 0.25) is 11.8 Å². The van der Waals surface area contributed by atoms with E-state index in [4.69, 9.17) is 14.2 Å². The lowest BCUT2D eigenvalue weighted by molar-refractivity contribution is 0.0525. The van der Waals surface area contributed by atoms with Gasteiger partial charge in [0.05, 0.1) is 25.4 Å². The Balaban J connectivity index is 2.98. The van der Waals surface area contributed by atoms with Gasteiger partial charge >= 0.3 is 5.97 Å². The maximum absolute atomic E-state index is 11.6. The average Bonchev–Trinajstić information content (AvgIpc) is 2.30. The van der Waals surface area contributed by atoms with E-state index in [-0.39, 0.29) is 0 Å². The molecule has 94 valence electrons. The van der Waals surface area contributed by atoms with E-state index in [2.05, 4.69) is 4.98 Å². The fourth-order valence-corrected chi connectivity index (χ4v) is 1.26. The number of hydrogen-bond acceptors (Lipinski definition) is 5. The van der Waals surface area contributed by atoms with Crippen molar-refractivity contribution in [3.63, 3.8) is 0 Å². The number of carbonyl (C=O) groups excluding carboxylic acids is 1. The monoisotopic (exact) mass is 239 g/mol. The molecule has 0 unspecified atom stereocenters. The molecule has 0 N–H and O–H groups in total. The summed E-state index contributed by atoms with van der Waals surface area (Å²) < 4.78 is 15.4. The van der Waals surface area contributed by atoms with Gasteiger partial charge in [-0.15, -0.1) is 0 Å². The van der Waals surface area contributed by atoms with Gasteiger partial charge in [0, 0.05) is 12.1 Å². The van der Waals surface area contributed by atoms with Gasteiger partial charge in [0.1, 0.15) is 0 Å². The molecule has 5 nitrogen and oxygen atoms in total. The first-order valence-electron chi connectivity index (χ1n) is 5.66. The van der Waals surface area contributed by atoms with Crippen molar-refractivity contribution in [3.05, 3.63) is 17.7 Å². The molecule has 0 spiro atoms. The maximum Gasteiger partial charge on any atom is 0.338 e. The summed E-state index contributed by atoms with van der Waals surface area (Å²) in [6.45, 7) is 6.73. The van der Waals surface area contributed by atoms with Gasteiger partial charge in [-0.05, 0) is 20.8 Å². The number of carbonyl (C=O) groups is 1. The summed E-state index contributed by atoms with van der Waals surface area (Å²) in [6.07, 6.45) is 0. The smallest absolute Gasteiger partial charge is 0.338 e. The van der Waals surface area contributed by atoms with Gasteiger partial charge in [-0.2, -0.15) is 4.98 Å². The highest BCUT2D eigenvalue weighted by Gasteiger charge is 2.12. The number of hydrogen-bond donors (Lipinski definition) is 0. The van der Waals surface area contributed by atoms with Crippen molar-refractivity contribution in [2.75, 3.05) is 19.8 Å². The normalized spacial score (nSPS) is 9.82. The van der Waals surface area contributed by atoms with E-state index in [1.54, 1.807) is 19.1 Å². The molecule has 0 aromatic carbocycles. The third kappa shape index (κ3) is 3.94. The lowest BCUT2D eigenvalue weighted by atomic mass is 10.2. The quantitative estimate of drug-likeness (QED) is 0.711. The Morgan fingerprint density at radius 1 is 1.06 bits per heavy atom. The summed E-state index contributed by atoms with van der Waals surface area (Å²) >= 11 is 0. The van der Waals surface area contributed by atoms with Gasteiger partial charge in [-0.3, -0.25) is 0 Å². The van der Waals surface area contributed by atoms with Crippen LogP contribution in [0.15, 0.2) is 12.1 Å². The molecule has 0 aliphatic rings. The highest BCUT2D eigenvalue weighted by Crippen LogP contribution is 2.19. The van der Waals surface area contributed by atoms with Crippen molar-refractivity contribution in [1.82, 2.24) is 4.98 Å². The maximum atomic E-state index is 11.6. The van der Waals surface area contributed by atoms with Gasteiger partial charge in [0.25, 0.3) is 0 Å². The van der Waals surface area contributed by atoms with Crippen molar-refractivity contribution in [2.45, 2.75) is 20.8 Å². The van der Waals surface area contributed by atoms with Crippen LogP contribution in [0.1, 0.15) is 31.1 Å². The Morgan fingerprint density at radius 2 is 1.59 bits per heavy atom. The minimum absolute atomic E-state index is 0.328. The van der Waals surface area contributed by atoms with Crippen LogP contribution in [0.3, 0.4) is 0 Å². The van der Waals surface area contributed by atoms with Crippen LogP contribution in [0.4, 0.5) is 0 Å². The second-order valence-electron chi connectivity index (χ2n) is 3.12. The molecule has 0 bridgehead atoms. The van der Waals surface area contributed by atoms with E-state index in [1.807, 2.05) is 13.8 Å². The average molecular weight is 239 g/mol. The number of nitrogens with zero attached hydrogens (tertiary/aromatic N) is 1. The van der Waals surface area contributed by atoms with E-state index in [0.29, 0.717) is 37.1 Å². The molecule has 0 aliphatic heterocycles. The Hall–Kier alpha value is -1.78. The molecule has 1 heterocycles. The van der Waals surface area contributed by atoms with Crippen molar-refractivity contribution in [1.29, 1.82) is 0 Å². The predicted molar refractivity (Wildman–Crippen MR) is 62.5 cm³/mol. The van der Waals surface area contributed by atoms with Gasteiger partial charge in [-0.25, -0.2) is 4.79 Å². The second kappa shape index (κ2) is 6.73. The third-order valence-corrected chi connectivity index (χ3v) is 1.87. The Labute approximate surface area is 101 Å². The van der Waals surface area contributed by atoms with Gasteiger partial charge in [0.15, 0.2) is 0 Å². The second-order valence-corrected chi connectivity index (χ2v) is 3.12. The van der Waals surface area contributed by atoms with E-state index < -0.39 is 5.97 Å². The van der Waals surface area contributed by atoms with Crippen LogP contribution in [0.25, 0.3) is 0 Å². The predicted octanol–water partition coefficient (Wildman–Crippen LogP) is 2.06. The SMILES string of the molecule is CCOC(=O)c1cc(OCC)nc(OCC)c1. The van der Waals surface area contributed by atoms with E-state index in [0.717, 1.165) is 0 Å². The Bertz CT molecular complexity index is 355. The molecule has 1 aromatic rings. The van der Waals surface area contributed by atoms with Crippen molar-refractivity contribution in [3.8, 4) is 11.8 Å². The standard InChI is InChI=1S/C12H17NO4/c1-4-15-10-7-9(12(14)17-6-3)8-11(13-10)16-5-2/h7-8H,4-6H2,1-3H3. The third-order valence-electron chi connectivity index (χ3n) is 1.87.